The highest BCUT2D eigenvalue weighted by Crippen LogP contribution is 2.51. The van der Waals surface area contributed by atoms with E-state index in [1.807, 2.05) is 6.92 Å². The zero-order chi connectivity index (χ0) is 11.0. The van der Waals surface area contributed by atoms with E-state index in [-0.39, 0.29) is 11.8 Å². The molecule has 15 heavy (non-hydrogen) atoms. The maximum Gasteiger partial charge on any atom is 0.220 e. The molecule has 0 aliphatic heterocycles. The molecule has 3 atom stereocenters. The van der Waals surface area contributed by atoms with E-state index >= 15 is 0 Å². The largest absolute Gasteiger partial charge is 0.369 e. The molecule has 1 fully saturated rings. The van der Waals surface area contributed by atoms with Crippen LogP contribution >= 0.6 is 0 Å². The normalized spacial score (nSPS) is 26.0. The van der Waals surface area contributed by atoms with E-state index < -0.39 is 0 Å². The molecule has 0 bridgehead atoms. The molecule has 0 radical (unpaired) electrons. The molecule has 1 aromatic rings. The fourth-order valence-corrected chi connectivity index (χ4v) is 2.26. The highest BCUT2D eigenvalue weighted by Gasteiger charge is 2.43. The Morgan fingerprint density at radius 3 is 2.87 bits per heavy atom. The first-order valence-corrected chi connectivity index (χ1v) is 5.45. The second-order valence-electron chi connectivity index (χ2n) is 4.61. The van der Waals surface area contributed by atoms with E-state index in [4.69, 9.17) is 5.73 Å². The van der Waals surface area contributed by atoms with Crippen LogP contribution in [0.2, 0.25) is 0 Å². The number of aryl methyl sites for hydroxylation is 1. The van der Waals surface area contributed by atoms with E-state index in [0.717, 1.165) is 6.42 Å². The summed E-state index contributed by atoms with van der Waals surface area (Å²) in [5, 5.41) is 0. The lowest BCUT2D eigenvalue weighted by atomic mass is 10.00. The molecule has 0 spiro atoms. The van der Waals surface area contributed by atoms with Gasteiger partial charge in [-0.2, -0.15) is 0 Å². The molecular weight excluding hydrogens is 186 g/mol. The van der Waals surface area contributed by atoms with Crippen LogP contribution < -0.4 is 5.73 Å². The summed E-state index contributed by atoms with van der Waals surface area (Å²) in [6, 6.07) is 8.52. The molecule has 1 amide bonds. The highest BCUT2D eigenvalue weighted by molar-refractivity contribution is 5.77. The van der Waals surface area contributed by atoms with Gasteiger partial charge in [0.25, 0.3) is 0 Å². The quantitative estimate of drug-likeness (QED) is 0.804. The van der Waals surface area contributed by atoms with Gasteiger partial charge in [-0.15, -0.1) is 0 Å². The fourth-order valence-electron chi connectivity index (χ4n) is 2.26. The van der Waals surface area contributed by atoms with Crippen LogP contribution in [0.25, 0.3) is 0 Å². The van der Waals surface area contributed by atoms with Gasteiger partial charge >= 0.3 is 0 Å². The Kier molecular flexibility index (Phi) is 2.51. The molecule has 3 unspecified atom stereocenters. The molecule has 2 nitrogen and oxygen atoms in total. The Labute approximate surface area is 90.5 Å². The molecule has 0 heterocycles. The molecule has 1 aliphatic rings. The maximum atomic E-state index is 11.0. The van der Waals surface area contributed by atoms with Gasteiger partial charge in [0, 0.05) is 5.92 Å². The van der Waals surface area contributed by atoms with E-state index in [0.29, 0.717) is 11.8 Å². The van der Waals surface area contributed by atoms with Gasteiger partial charge < -0.3 is 5.73 Å². The van der Waals surface area contributed by atoms with Gasteiger partial charge in [0.2, 0.25) is 5.91 Å². The van der Waals surface area contributed by atoms with Crippen LogP contribution in [0.4, 0.5) is 0 Å². The molecule has 2 rings (SSSR count). The van der Waals surface area contributed by atoms with E-state index in [9.17, 15) is 4.79 Å². The van der Waals surface area contributed by atoms with Gasteiger partial charge in [-0.05, 0) is 30.7 Å². The van der Waals surface area contributed by atoms with Crippen molar-refractivity contribution in [2.24, 2.45) is 17.6 Å². The van der Waals surface area contributed by atoms with Crippen molar-refractivity contribution in [2.45, 2.75) is 26.2 Å². The predicted molar refractivity (Wildman–Crippen MR) is 60.4 cm³/mol. The molecule has 1 aliphatic carbocycles. The summed E-state index contributed by atoms with van der Waals surface area (Å²) in [4.78, 5) is 11.0. The monoisotopic (exact) mass is 203 g/mol. The van der Waals surface area contributed by atoms with Crippen molar-refractivity contribution >= 4 is 5.91 Å². The van der Waals surface area contributed by atoms with Crippen LogP contribution in [-0.2, 0) is 4.79 Å². The van der Waals surface area contributed by atoms with Crippen molar-refractivity contribution in [2.75, 3.05) is 0 Å². The maximum absolute atomic E-state index is 11.0. The number of primary amides is 1. The molecule has 0 saturated heterocycles. The summed E-state index contributed by atoms with van der Waals surface area (Å²) in [7, 11) is 0. The van der Waals surface area contributed by atoms with Crippen molar-refractivity contribution in [3.8, 4) is 0 Å². The molecule has 0 aromatic heterocycles. The summed E-state index contributed by atoms with van der Waals surface area (Å²) in [6.45, 7) is 4.03. The first-order chi connectivity index (χ1) is 7.09. The zero-order valence-corrected chi connectivity index (χ0v) is 9.23. The summed E-state index contributed by atoms with van der Waals surface area (Å²) in [5.74, 6) is 0.849. The van der Waals surface area contributed by atoms with Crippen LogP contribution in [-0.4, -0.2) is 5.91 Å². The lowest BCUT2D eigenvalue weighted by molar-refractivity contribution is -0.121. The van der Waals surface area contributed by atoms with Crippen molar-refractivity contribution in [1.29, 1.82) is 0 Å². The minimum absolute atomic E-state index is 0.00973. The van der Waals surface area contributed by atoms with Crippen LogP contribution in [0, 0.1) is 18.8 Å². The molecule has 2 N–H and O–H groups in total. The number of rotatable bonds is 3. The Hall–Kier alpha value is -1.31. The third kappa shape index (κ3) is 2.04. The van der Waals surface area contributed by atoms with Crippen LogP contribution in [0.3, 0.4) is 0 Å². The van der Waals surface area contributed by atoms with Crippen molar-refractivity contribution in [3.63, 3.8) is 0 Å². The lowest BCUT2D eigenvalue weighted by Gasteiger charge is -2.06. The summed E-state index contributed by atoms with van der Waals surface area (Å²) in [6.07, 6.45) is 1.10. The zero-order valence-electron chi connectivity index (χ0n) is 9.23. The molecule has 1 saturated carbocycles. The SMILES string of the molecule is Cc1cccc(C2CC2C(C)C(N)=O)c1. The Balaban J connectivity index is 2.08. The van der Waals surface area contributed by atoms with Crippen molar-refractivity contribution in [1.82, 2.24) is 0 Å². The van der Waals surface area contributed by atoms with Gasteiger partial charge in [-0.25, -0.2) is 0 Å². The average molecular weight is 203 g/mol. The first kappa shape index (κ1) is 10.2. The Morgan fingerprint density at radius 2 is 2.27 bits per heavy atom. The van der Waals surface area contributed by atoms with Crippen molar-refractivity contribution in [3.05, 3.63) is 35.4 Å². The molecular formula is C13H17NO. The number of carbonyl (C=O) groups excluding carboxylic acids is 1. The minimum atomic E-state index is -0.171. The second kappa shape index (κ2) is 3.69. The lowest BCUT2D eigenvalue weighted by Crippen LogP contribution is -2.22. The Morgan fingerprint density at radius 1 is 1.53 bits per heavy atom. The van der Waals surface area contributed by atoms with E-state index in [1.54, 1.807) is 0 Å². The van der Waals surface area contributed by atoms with Crippen LogP contribution in [0.5, 0.6) is 0 Å². The van der Waals surface area contributed by atoms with Gasteiger partial charge in [0.15, 0.2) is 0 Å². The molecule has 80 valence electrons. The predicted octanol–water partition coefficient (Wildman–Crippen LogP) is 2.22. The highest BCUT2D eigenvalue weighted by atomic mass is 16.1. The number of amides is 1. The third-order valence-electron chi connectivity index (χ3n) is 3.40. The smallest absolute Gasteiger partial charge is 0.220 e. The fraction of sp³-hybridized carbons (Fsp3) is 0.462. The topological polar surface area (TPSA) is 43.1 Å². The molecule has 2 heteroatoms. The first-order valence-electron chi connectivity index (χ1n) is 5.45. The number of benzene rings is 1. The standard InChI is InChI=1S/C13H17NO/c1-8-4-3-5-10(6-8)12-7-11(12)9(2)13(14)15/h3-6,9,11-12H,7H2,1-2H3,(H2,14,15). The molecule has 1 aromatic carbocycles. The minimum Gasteiger partial charge on any atom is -0.369 e. The third-order valence-corrected chi connectivity index (χ3v) is 3.40. The second-order valence-corrected chi connectivity index (χ2v) is 4.61. The number of hydrogen-bond donors (Lipinski definition) is 1. The van der Waals surface area contributed by atoms with Gasteiger partial charge in [-0.1, -0.05) is 36.8 Å². The average Bonchev–Trinajstić information content (AvgIpc) is 2.96. The van der Waals surface area contributed by atoms with Gasteiger partial charge in [0.05, 0.1) is 0 Å². The summed E-state index contributed by atoms with van der Waals surface area (Å²) < 4.78 is 0. The van der Waals surface area contributed by atoms with Gasteiger partial charge in [0.1, 0.15) is 0 Å². The van der Waals surface area contributed by atoms with E-state index in [1.165, 1.54) is 11.1 Å². The van der Waals surface area contributed by atoms with Crippen molar-refractivity contribution < 1.29 is 4.79 Å². The summed E-state index contributed by atoms with van der Waals surface area (Å²) in [5.41, 5.74) is 7.95. The summed E-state index contributed by atoms with van der Waals surface area (Å²) >= 11 is 0. The number of hydrogen-bond acceptors (Lipinski definition) is 1. The van der Waals surface area contributed by atoms with Gasteiger partial charge in [-0.3, -0.25) is 4.79 Å². The Bertz CT molecular complexity index is 386. The van der Waals surface area contributed by atoms with Crippen LogP contribution in [0.15, 0.2) is 24.3 Å². The number of carbonyl (C=O) groups is 1. The van der Waals surface area contributed by atoms with Crippen LogP contribution in [0.1, 0.15) is 30.4 Å². The number of nitrogens with two attached hydrogens (primary N) is 1. The van der Waals surface area contributed by atoms with E-state index in [2.05, 4.69) is 31.2 Å².